The summed E-state index contributed by atoms with van der Waals surface area (Å²) in [7, 11) is -4.45. The molecule has 0 heterocycles. The Balaban J connectivity index is 1.92. The normalized spacial score (nSPS) is 11.6. The Hall–Kier alpha value is -3.57. The number of hydrogen-bond acceptors (Lipinski definition) is 6. The number of nitro groups is 1. The van der Waals surface area contributed by atoms with Gasteiger partial charge >= 0.3 is 0 Å². The summed E-state index contributed by atoms with van der Waals surface area (Å²) in [6.45, 7) is 1.06. The van der Waals surface area contributed by atoms with E-state index in [-0.39, 0.29) is 5.69 Å². The summed E-state index contributed by atoms with van der Waals surface area (Å²) >= 11 is 3.37. The quantitative estimate of drug-likeness (QED) is 0.267. The van der Waals surface area contributed by atoms with Crippen LogP contribution in [-0.4, -0.2) is 31.5 Å². The van der Waals surface area contributed by atoms with Gasteiger partial charge in [-0.3, -0.25) is 19.2 Å². The maximum Gasteiger partial charge on any atom is 0.289 e. The minimum atomic E-state index is -4.45. The molecule has 0 saturated heterocycles. The number of anilines is 1. The first-order valence-corrected chi connectivity index (χ1v) is 11.8. The highest BCUT2D eigenvalue weighted by Crippen LogP contribution is 2.29. The van der Waals surface area contributed by atoms with E-state index < -0.39 is 38.0 Å². The monoisotopic (exact) mass is 530 g/mol. The molecule has 0 unspecified atom stereocenters. The number of para-hydroxylation sites is 2. The molecule has 0 atom stereocenters. The molecule has 0 aliphatic heterocycles. The second-order valence-corrected chi connectivity index (χ2v) is 9.56. The van der Waals surface area contributed by atoms with Crippen molar-refractivity contribution in [2.24, 2.45) is 5.10 Å². The molecule has 1 N–H and O–H groups in total. The Kier molecular flexibility index (Phi) is 7.56. The first-order valence-electron chi connectivity index (χ1n) is 9.60. The molecule has 0 bridgehead atoms. The van der Waals surface area contributed by atoms with Gasteiger partial charge in [-0.15, -0.1) is 0 Å². The van der Waals surface area contributed by atoms with Gasteiger partial charge in [-0.05, 0) is 42.8 Å². The first kappa shape index (κ1) is 24.1. The summed E-state index contributed by atoms with van der Waals surface area (Å²) < 4.78 is 28.4. The summed E-state index contributed by atoms with van der Waals surface area (Å²) in [5, 5.41) is 15.5. The number of nitro benzene ring substituents is 1. The molecule has 3 rings (SSSR count). The van der Waals surface area contributed by atoms with Crippen molar-refractivity contribution in [2.45, 2.75) is 11.8 Å². The van der Waals surface area contributed by atoms with E-state index in [9.17, 15) is 23.3 Å². The number of amides is 1. The van der Waals surface area contributed by atoms with Crippen LogP contribution >= 0.6 is 15.9 Å². The standard InChI is InChI=1S/C22H19BrN4O5S/c1-16(17-8-7-9-18(23)14-17)24-25-22(28)15-26(19-10-3-2-4-11-19)33(31,32)21-13-6-5-12-20(21)27(29)30/h2-14H,15H2,1H3,(H,25,28). The van der Waals surface area contributed by atoms with Gasteiger partial charge in [0, 0.05) is 10.5 Å². The molecule has 0 spiro atoms. The zero-order valence-corrected chi connectivity index (χ0v) is 19.8. The number of carbonyl (C=O) groups is 1. The van der Waals surface area contributed by atoms with Crippen molar-refractivity contribution in [3.63, 3.8) is 0 Å². The Morgan fingerprint density at radius 1 is 1.06 bits per heavy atom. The molecule has 33 heavy (non-hydrogen) atoms. The zero-order chi connectivity index (χ0) is 24.0. The van der Waals surface area contributed by atoms with E-state index in [2.05, 4.69) is 26.5 Å². The van der Waals surface area contributed by atoms with Crippen LogP contribution in [0.15, 0.2) is 93.3 Å². The maximum atomic E-state index is 13.4. The molecule has 3 aromatic rings. The van der Waals surface area contributed by atoms with E-state index >= 15 is 0 Å². The predicted molar refractivity (Wildman–Crippen MR) is 129 cm³/mol. The van der Waals surface area contributed by atoms with Gasteiger partial charge in [0.2, 0.25) is 0 Å². The van der Waals surface area contributed by atoms with Crippen molar-refractivity contribution < 1.29 is 18.1 Å². The summed E-state index contributed by atoms with van der Waals surface area (Å²) in [6.07, 6.45) is 0. The third-order valence-corrected chi connectivity index (χ3v) is 6.87. The number of nitrogens with zero attached hydrogens (tertiary/aromatic N) is 3. The lowest BCUT2D eigenvalue weighted by molar-refractivity contribution is -0.387. The van der Waals surface area contributed by atoms with Crippen molar-refractivity contribution in [2.75, 3.05) is 10.8 Å². The molecule has 0 saturated carbocycles. The van der Waals surface area contributed by atoms with E-state index in [0.29, 0.717) is 5.71 Å². The fraction of sp³-hybridized carbons (Fsp3) is 0.0909. The Labute approximate surface area is 199 Å². The van der Waals surface area contributed by atoms with Crippen LogP contribution in [0, 0.1) is 10.1 Å². The van der Waals surface area contributed by atoms with E-state index in [1.165, 1.54) is 24.3 Å². The minimum absolute atomic E-state index is 0.179. The lowest BCUT2D eigenvalue weighted by Crippen LogP contribution is -2.40. The van der Waals surface area contributed by atoms with Gasteiger partial charge in [0.05, 0.1) is 16.3 Å². The summed E-state index contributed by atoms with van der Waals surface area (Å²) in [4.78, 5) is 22.8. The molecule has 0 aliphatic carbocycles. The SMILES string of the molecule is CC(=NNC(=O)CN(c1ccccc1)S(=O)(=O)c1ccccc1[N+](=O)[O-])c1cccc(Br)c1. The third kappa shape index (κ3) is 5.82. The topological polar surface area (TPSA) is 122 Å². The second kappa shape index (κ2) is 10.4. The highest BCUT2D eigenvalue weighted by Gasteiger charge is 2.33. The fourth-order valence-corrected chi connectivity index (χ4v) is 4.92. The van der Waals surface area contributed by atoms with Gasteiger partial charge in [0.1, 0.15) is 6.54 Å². The lowest BCUT2D eigenvalue weighted by Gasteiger charge is -2.23. The fourth-order valence-electron chi connectivity index (χ4n) is 2.94. The Bertz CT molecular complexity index is 1310. The van der Waals surface area contributed by atoms with Crippen molar-refractivity contribution in [3.8, 4) is 0 Å². The number of rotatable bonds is 8. The van der Waals surface area contributed by atoms with E-state index in [1.807, 2.05) is 24.3 Å². The van der Waals surface area contributed by atoms with Crippen molar-refractivity contribution in [3.05, 3.63) is 99.0 Å². The van der Waals surface area contributed by atoms with Gasteiger partial charge in [-0.2, -0.15) is 5.10 Å². The maximum absolute atomic E-state index is 13.4. The van der Waals surface area contributed by atoms with E-state index in [1.54, 1.807) is 25.1 Å². The van der Waals surface area contributed by atoms with Gasteiger partial charge < -0.3 is 0 Å². The number of hydrazone groups is 1. The van der Waals surface area contributed by atoms with Gasteiger partial charge in [-0.25, -0.2) is 13.8 Å². The number of nitrogens with one attached hydrogen (secondary N) is 1. The largest absolute Gasteiger partial charge is 0.289 e. The van der Waals surface area contributed by atoms with Crippen molar-refractivity contribution in [1.82, 2.24) is 5.43 Å². The molecule has 3 aromatic carbocycles. The molecule has 11 heteroatoms. The second-order valence-electron chi connectivity index (χ2n) is 6.81. The molecule has 0 aromatic heterocycles. The zero-order valence-electron chi connectivity index (χ0n) is 17.4. The summed E-state index contributed by atoms with van der Waals surface area (Å²) in [6, 6.07) is 20.2. The van der Waals surface area contributed by atoms with Crippen LogP contribution in [0.4, 0.5) is 11.4 Å². The summed E-state index contributed by atoms with van der Waals surface area (Å²) in [5.41, 5.74) is 3.23. The Morgan fingerprint density at radius 3 is 2.39 bits per heavy atom. The number of benzene rings is 3. The van der Waals surface area contributed by atoms with E-state index in [0.717, 1.165) is 26.5 Å². The molecule has 0 aliphatic rings. The number of sulfonamides is 1. The highest BCUT2D eigenvalue weighted by atomic mass is 79.9. The van der Waals surface area contributed by atoms with Gasteiger partial charge in [0.15, 0.2) is 4.90 Å². The van der Waals surface area contributed by atoms with Crippen molar-refractivity contribution in [1.29, 1.82) is 0 Å². The first-order chi connectivity index (χ1) is 15.7. The smallest absolute Gasteiger partial charge is 0.271 e. The van der Waals surface area contributed by atoms with Gasteiger partial charge in [-0.1, -0.05) is 58.4 Å². The average Bonchev–Trinajstić information content (AvgIpc) is 2.81. The Morgan fingerprint density at radius 2 is 1.73 bits per heavy atom. The molecular formula is C22H19BrN4O5S. The molecule has 9 nitrogen and oxygen atoms in total. The van der Waals surface area contributed by atoms with Gasteiger partial charge in [0.25, 0.3) is 21.6 Å². The number of carbonyl (C=O) groups excluding carboxylic acids is 1. The van der Waals surface area contributed by atoms with Crippen molar-refractivity contribution >= 4 is 48.9 Å². The van der Waals surface area contributed by atoms with Crippen LogP contribution in [0.25, 0.3) is 0 Å². The lowest BCUT2D eigenvalue weighted by atomic mass is 10.1. The van der Waals surface area contributed by atoms with Crippen LogP contribution < -0.4 is 9.73 Å². The highest BCUT2D eigenvalue weighted by molar-refractivity contribution is 9.10. The summed E-state index contributed by atoms with van der Waals surface area (Å²) in [5.74, 6) is -0.713. The molecule has 0 radical (unpaired) electrons. The minimum Gasteiger partial charge on any atom is -0.271 e. The molecule has 170 valence electrons. The van der Waals surface area contributed by atoms with Crippen LogP contribution in [0.5, 0.6) is 0 Å². The van der Waals surface area contributed by atoms with Crippen LogP contribution in [0.3, 0.4) is 0 Å². The average molecular weight is 531 g/mol. The van der Waals surface area contributed by atoms with Crippen LogP contribution in [0.1, 0.15) is 12.5 Å². The number of hydrogen-bond donors (Lipinski definition) is 1. The molecular weight excluding hydrogens is 512 g/mol. The number of halogens is 1. The predicted octanol–water partition coefficient (Wildman–Crippen LogP) is 4.09. The van der Waals surface area contributed by atoms with Crippen LogP contribution in [0.2, 0.25) is 0 Å². The molecule has 1 amide bonds. The third-order valence-electron chi connectivity index (χ3n) is 4.55. The molecule has 0 fully saturated rings. The van der Waals surface area contributed by atoms with E-state index in [4.69, 9.17) is 0 Å². The van der Waals surface area contributed by atoms with Crippen LogP contribution in [-0.2, 0) is 14.8 Å².